The minimum Gasteiger partial charge on any atom is -0.497 e. The maximum absolute atomic E-state index is 13.6. The number of amides is 2. The van der Waals surface area contributed by atoms with Crippen molar-refractivity contribution >= 4 is 27.5 Å². The highest BCUT2D eigenvalue weighted by Gasteiger charge is 2.51. The van der Waals surface area contributed by atoms with Gasteiger partial charge in [-0.2, -0.15) is 4.31 Å². The number of carbonyl (C=O) groups is 2. The minimum atomic E-state index is -4.03. The Morgan fingerprint density at radius 3 is 2.17 bits per heavy atom. The number of nitrogens with one attached hydrogen (secondary N) is 2. The van der Waals surface area contributed by atoms with Gasteiger partial charge in [-0.3, -0.25) is 9.59 Å². The number of sulfonamides is 1. The smallest absolute Gasteiger partial charge is 0.251 e. The number of rotatable bonds is 8. The van der Waals surface area contributed by atoms with Crippen LogP contribution in [0.25, 0.3) is 0 Å². The maximum Gasteiger partial charge on any atom is 0.251 e. The lowest BCUT2D eigenvalue weighted by molar-refractivity contribution is -0.119. The quantitative estimate of drug-likeness (QED) is 0.495. The fourth-order valence-corrected chi connectivity index (χ4v) is 9.74. The average Bonchev–Trinajstić information content (AvgIpc) is 3.43. The SMILES string of the molecule is COc1ccc(OC)c(S(=O)(=O)N2CCCC2C(=O)Nc2ccc(C(=O)NC34CC5CC(CC(C5)C3)C4)cc2)c1. The summed E-state index contributed by atoms with van der Waals surface area (Å²) in [5.41, 5.74) is 1.00. The van der Waals surface area contributed by atoms with Gasteiger partial charge < -0.3 is 20.1 Å². The molecule has 5 aliphatic rings. The van der Waals surface area contributed by atoms with Gasteiger partial charge in [0, 0.05) is 29.4 Å². The van der Waals surface area contributed by atoms with E-state index in [4.69, 9.17) is 9.47 Å². The molecule has 0 spiro atoms. The highest BCUT2D eigenvalue weighted by Crippen LogP contribution is 2.55. The first kappa shape index (κ1) is 27.1. The van der Waals surface area contributed by atoms with E-state index in [2.05, 4.69) is 10.6 Å². The van der Waals surface area contributed by atoms with Crippen molar-refractivity contribution in [2.24, 2.45) is 17.8 Å². The van der Waals surface area contributed by atoms with Gasteiger partial charge in [-0.15, -0.1) is 0 Å². The molecule has 4 saturated carbocycles. The van der Waals surface area contributed by atoms with Crippen molar-refractivity contribution in [3.05, 3.63) is 48.0 Å². The summed E-state index contributed by atoms with van der Waals surface area (Å²) < 4.78 is 38.9. The minimum absolute atomic E-state index is 0.0385. The second-order valence-corrected chi connectivity index (χ2v) is 13.9. The van der Waals surface area contributed by atoms with Crippen LogP contribution in [0.5, 0.6) is 11.5 Å². The molecule has 1 heterocycles. The molecule has 0 aromatic heterocycles. The molecule has 9 nitrogen and oxygen atoms in total. The van der Waals surface area contributed by atoms with Gasteiger partial charge in [-0.25, -0.2) is 8.42 Å². The van der Waals surface area contributed by atoms with Crippen LogP contribution in [0, 0.1) is 17.8 Å². The number of nitrogens with zero attached hydrogens (tertiary/aromatic N) is 1. The summed E-state index contributed by atoms with van der Waals surface area (Å²) in [4.78, 5) is 26.4. The van der Waals surface area contributed by atoms with E-state index in [-0.39, 0.29) is 28.6 Å². The number of hydrogen-bond donors (Lipinski definition) is 2. The van der Waals surface area contributed by atoms with Crippen LogP contribution >= 0.6 is 0 Å². The molecule has 1 unspecified atom stereocenters. The van der Waals surface area contributed by atoms with Gasteiger partial charge >= 0.3 is 0 Å². The summed E-state index contributed by atoms with van der Waals surface area (Å²) in [6.07, 6.45) is 8.17. The molecule has 2 aromatic carbocycles. The first-order valence-electron chi connectivity index (χ1n) is 14.2. The molecule has 2 aromatic rings. The van der Waals surface area contributed by atoms with E-state index in [1.165, 1.54) is 49.9 Å². The van der Waals surface area contributed by atoms with Gasteiger partial charge in [-0.05, 0) is 106 Å². The van der Waals surface area contributed by atoms with Gasteiger partial charge in [0.2, 0.25) is 15.9 Å². The molecule has 2 N–H and O–H groups in total. The predicted molar refractivity (Wildman–Crippen MR) is 150 cm³/mol. The molecule has 214 valence electrons. The van der Waals surface area contributed by atoms with Crippen LogP contribution in [-0.2, 0) is 14.8 Å². The van der Waals surface area contributed by atoms with Gasteiger partial charge in [-0.1, -0.05) is 0 Å². The number of benzene rings is 2. The Labute approximate surface area is 235 Å². The highest BCUT2D eigenvalue weighted by molar-refractivity contribution is 7.89. The average molecular weight is 568 g/mol. The van der Waals surface area contributed by atoms with Gasteiger partial charge in [0.05, 0.1) is 14.2 Å². The van der Waals surface area contributed by atoms with Crippen LogP contribution < -0.4 is 20.1 Å². The summed E-state index contributed by atoms with van der Waals surface area (Å²) in [7, 11) is -1.16. The van der Waals surface area contributed by atoms with E-state index < -0.39 is 22.0 Å². The van der Waals surface area contributed by atoms with Crippen LogP contribution in [0.3, 0.4) is 0 Å². The Balaban J connectivity index is 1.12. The molecule has 4 bridgehead atoms. The summed E-state index contributed by atoms with van der Waals surface area (Å²) in [6, 6.07) is 10.5. The van der Waals surface area contributed by atoms with E-state index >= 15 is 0 Å². The first-order chi connectivity index (χ1) is 19.2. The zero-order valence-corrected chi connectivity index (χ0v) is 23.8. The van der Waals surface area contributed by atoms with E-state index in [0.717, 1.165) is 37.0 Å². The van der Waals surface area contributed by atoms with E-state index in [1.807, 2.05) is 0 Å². The van der Waals surface area contributed by atoms with Crippen molar-refractivity contribution in [3.8, 4) is 11.5 Å². The summed E-state index contributed by atoms with van der Waals surface area (Å²) in [6.45, 7) is 0.226. The van der Waals surface area contributed by atoms with Crippen LogP contribution in [0.4, 0.5) is 5.69 Å². The number of ether oxygens (including phenoxy) is 2. The molecule has 5 fully saturated rings. The lowest BCUT2D eigenvalue weighted by atomic mass is 9.53. The molecule has 2 amide bonds. The fraction of sp³-hybridized carbons (Fsp3) is 0.533. The lowest BCUT2D eigenvalue weighted by Crippen LogP contribution is -2.59. The molecule has 1 aliphatic heterocycles. The van der Waals surface area contributed by atoms with Crippen LogP contribution in [0.15, 0.2) is 47.4 Å². The van der Waals surface area contributed by atoms with Crippen molar-refractivity contribution in [1.82, 2.24) is 9.62 Å². The predicted octanol–water partition coefficient (Wildman–Crippen LogP) is 4.19. The number of anilines is 1. The monoisotopic (exact) mass is 567 g/mol. The highest BCUT2D eigenvalue weighted by atomic mass is 32.2. The first-order valence-corrected chi connectivity index (χ1v) is 15.6. The Bertz CT molecular complexity index is 1370. The standard InChI is InChI=1S/C30H37N3O6S/c1-38-24-9-10-26(39-2)27(15-24)40(36,37)33-11-3-4-25(33)29(35)31-23-7-5-22(6-8-23)28(34)32-30-16-19-12-20(17-30)14-21(13-19)18-30/h5-10,15,19-21,25H,3-4,11-14,16-18H2,1-2H3,(H,31,35)(H,32,34). The third-order valence-electron chi connectivity index (χ3n) is 9.30. The Kier molecular flexibility index (Phi) is 7.02. The zero-order valence-electron chi connectivity index (χ0n) is 23.0. The maximum atomic E-state index is 13.6. The molecule has 1 saturated heterocycles. The van der Waals surface area contributed by atoms with E-state index in [0.29, 0.717) is 29.8 Å². The van der Waals surface area contributed by atoms with E-state index in [1.54, 1.807) is 30.3 Å². The molecule has 40 heavy (non-hydrogen) atoms. The molecular weight excluding hydrogens is 530 g/mol. The normalized spacial score (nSPS) is 29.2. The van der Waals surface area contributed by atoms with Crippen LogP contribution in [-0.4, -0.2) is 56.9 Å². The largest absolute Gasteiger partial charge is 0.497 e. The third-order valence-corrected chi connectivity index (χ3v) is 11.2. The van der Waals surface area contributed by atoms with Crippen molar-refractivity contribution in [1.29, 1.82) is 0 Å². The molecule has 0 radical (unpaired) electrons. The summed E-state index contributed by atoms with van der Waals surface area (Å²) in [5, 5.41) is 6.23. The summed E-state index contributed by atoms with van der Waals surface area (Å²) in [5.74, 6) is 2.32. The number of methoxy groups -OCH3 is 2. The molecular formula is C30H37N3O6S. The number of carbonyl (C=O) groups excluding carboxylic acids is 2. The van der Waals surface area contributed by atoms with Crippen LogP contribution in [0.1, 0.15) is 61.7 Å². The van der Waals surface area contributed by atoms with Gasteiger partial charge in [0.25, 0.3) is 5.91 Å². The zero-order chi connectivity index (χ0) is 28.1. The van der Waals surface area contributed by atoms with Gasteiger partial charge in [0.1, 0.15) is 22.4 Å². The molecule has 4 aliphatic carbocycles. The van der Waals surface area contributed by atoms with Gasteiger partial charge in [0.15, 0.2) is 0 Å². The molecule has 10 heteroatoms. The summed E-state index contributed by atoms with van der Waals surface area (Å²) >= 11 is 0. The molecule has 7 rings (SSSR count). The fourth-order valence-electron chi connectivity index (χ4n) is 7.91. The second kappa shape index (κ2) is 10.4. The topological polar surface area (TPSA) is 114 Å². The second-order valence-electron chi connectivity index (χ2n) is 12.0. The van der Waals surface area contributed by atoms with Crippen molar-refractivity contribution in [2.45, 2.75) is 67.8 Å². The Hall–Kier alpha value is -3.11. The lowest BCUT2D eigenvalue weighted by Gasteiger charge is -2.56. The number of hydrogen-bond acceptors (Lipinski definition) is 6. The molecule has 1 atom stereocenters. The van der Waals surface area contributed by atoms with Crippen molar-refractivity contribution in [2.75, 3.05) is 26.1 Å². The Morgan fingerprint density at radius 1 is 0.925 bits per heavy atom. The Morgan fingerprint density at radius 2 is 1.57 bits per heavy atom. The van der Waals surface area contributed by atoms with E-state index in [9.17, 15) is 18.0 Å². The third kappa shape index (κ3) is 4.96. The van der Waals surface area contributed by atoms with Crippen molar-refractivity contribution in [3.63, 3.8) is 0 Å². The van der Waals surface area contributed by atoms with Crippen molar-refractivity contribution < 1.29 is 27.5 Å². The van der Waals surface area contributed by atoms with Crippen LogP contribution in [0.2, 0.25) is 0 Å².